The first kappa shape index (κ1) is 29.0. The monoisotopic (exact) mass is 595 g/mol. The Balaban J connectivity index is 1.60. The van der Waals surface area contributed by atoms with Crippen molar-refractivity contribution in [3.63, 3.8) is 0 Å². The summed E-state index contributed by atoms with van der Waals surface area (Å²) < 4.78 is 34.3. The Labute approximate surface area is 238 Å². The first-order valence-electron chi connectivity index (χ1n) is 12.3. The maximum atomic E-state index is 13.8. The highest BCUT2D eigenvalue weighted by molar-refractivity contribution is 7.89. The average Bonchev–Trinajstić information content (AvgIpc) is 3.32. The molecule has 2 heterocycles. The molecule has 0 atom stereocenters. The van der Waals surface area contributed by atoms with Gasteiger partial charge in [0.25, 0.3) is 0 Å². The van der Waals surface area contributed by atoms with E-state index in [4.69, 9.17) is 27.9 Å². The zero-order valence-electron chi connectivity index (χ0n) is 21.2. The van der Waals surface area contributed by atoms with E-state index in [-0.39, 0.29) is 33.9 Å². The van der Waals surface area contributed by atoms with Gasteiger partial charge in [0, 0.05) is 47.5 Å². The van der Waals surface area contributed by atoms with Crippen molar-refractivity contribution in [2.75, 3.05) is 45.9 Å². The number of nitrogens with zero attached hydrogens (tertiary/aromatic N) is 3. The molecular weight excluding hydrogens is 565 g/mol. The third kappa shape index (κ3) is 7.79. The lowest BCUT2D eigenvalue weighted by Gasteiger charge is -2.31. The van der Waals surface area contributed by atoms with Crippen molar-refractivity contribution in [2.45, 2.75) is 24.9 Å². The van der Waals surface area contributed by atoms with E-state index >= 15 is 0 Å². The molecule has 38 heavy (non-hydrogen) atoms. The van der Waals surface area contributed by atoms with Gasteiger partial charge in [-0.1, -0.05) is 53.5 Å². The summed E-state index contributed by atoms with van der Waals surface area (Å²) in [5, 5.41) is 0.319. The van der Waals surface area contributed by atoms with Gasteiger partial charge in [-0.2, -0.15) is 4.31 Å². The van der Waals surface area contributed by atoms with Gasteiger partial charge in [-0.15, -0.1) is 11.3 Å². The van der Waals surface area contributed by atoms with Gasteiger partial charge < -0.3 is 9.64 Å². The number of amides is 1. The minimum absolute atomic E-state index is 0.0634. The van der Waals surface area contributed by atoms with E-state index in [0.29, 0.717) is 45.9 Å². The highest BCUT2D eigenvalue weighted by atomic mass is 35.5. The van der Waals surface area contributed by atoms with Gasteiger partial charge in [-0.25, -0.2) is 8.42 Å². The predicted octanol–water partition coefficient (Wildman–Crippen LogP) is 4.92. The lowest BCUT2D eigenvalue weighted by molar-refractivity contribution is -0.132. The average molecular weight is 597 g/mol. The third-order valence-electron chi connectivity index (χ3n) is 6.30. The van der Waals surface area contributed by atoms with Crippen LogP contribution < -0.4 is 0 Å². The van der Waals surface area contributed by atoms with Crippen LogP contribution in [0.4, 0.5) is 0 Å². The molecule has 204 valence electrons. The van der Waals surface area contributed by atoms with Crippen LogP contribution in [0.1, 0.15) is 15.3 Å². The number of halogens is 2. The van der Waals surface area contributed by atoms with Gasteiger partial charge in [-0.3, -0.25) is 9.69 Å². The van der Waals surface area contributed by atoms with E-state index in [1.165, 1.54) is 22.5 Å². The van der Waals surface area contributed by atoms with E-state index < -0.39 is 10.0 Å². The Morgan fingerprint density at radius 2 is 1.76 bits per heavy atom. The molecule has 0 bridgehead atoms. The van der Waals surface area contributed by atoms with Gasteiger partial charge in [0.15, 0.2) is 0 Å². The molecular formula is C27H31Cl2N3O4S2. The van der Waals surface area contributed by atoms with Crippen molar-refractivity contribution in [3.05, 3.63) is 86.0 Å². The molecule has 1 aliphatic rings. The van der Waals surface area contributed by atoms with Crippen LogP contribution in [0.3, 0.4) is 0 Å². The Morgan fingerprint density at radius 3 is 2.45 bits per heavy atom. The highest BCUT2D eigenvalue weighted by Crippen LogP contribution is 2.28. The zero-order chi connectivity index (χ0) is 27.1. The van der Waals surface area contributed by atoms with Crippen LogP contribution in [0.2, 0.25) is 10.0 Å². The number of hydrogen-bond acceptors (Lipinski definition) is 6. The van der Waals surface area contributed by atoms with Crippen molar-refractivity contribution < 1.29 is 17.9 Å². The summed E-state index contributed by atoms with van der Waals surface area (Å²) in [6.07, 6.45) is 0. The van der Waals surface area contributed by atoms with E-state index in [1.54, 1.807) is 16.2 Å². The number of carbonyl (C=O) groups is 1. The van der Waals surface area contributed by atoms with Crippen LogP contribution in [-0.2, 0) is 32.6 Å². The molecule has 0 saturated carbocycles. The summed E-state index contributed by atoms with van der Waals surface area (Å²) in [5.74, 6) is -0.288. The Hall–Kier alpha value is -1.98. The minimum Gasteiger partial charge on any atom is -0.379 e. The number of carbonyl (C=O) groups excluding carboxylic acids is 1. The van der Waals surface area contributed by atoms with Crippen molar-refractivity contribution in [1.82, 2.24) is 14.1 Å². The Kier molecular flexibility index (Phi) is 10.2. The van der Waals surface area contributed by atoms with Crippen molar-refractivity contribution in [1.29, 1.82) is 0 Å². The molecule has 1 fully saturated rings. The lowest BCUT2D eigenvalue weighted by Crippen LogP contribution is -2.47. The molecule has 11 heteroatoms. The largest absolute Gasteiger partial charge is 0.379 e. The Bertz CT molecular complexity index is 1330. The molecule has 0 radical (unpaired) electrons. The molecule has 0 aliphatic carbocycles. The second-order valence-corrected chi connectivity index (χ2v) is 13.2. The fourth-order valence-corrected chi connectivity index (χ4v) is 7.24. The molecule has 0 N–H and O–H groups in total. The van der Waals surface area contributed by atoms with Crippen LogP contribution in [0.15, 0.2) is 65.6 Å². The smallest absolute Gasteiger partial charge is 0.245 e. The topological polar surface area (TPSA) is 70.2 Å². The number of sulfonamides is 1. The normalized spacial score (nSPS) is 14.6. The van der Waals surface area contributed by atoms with Crippen LogP contribution >= 0.6 is 34.5 Å². The fraction of sp³-hybridized carbons (Fsp3) is 0.370. The molecule has 4 rings (SSSR count). The van der Waals surface area contributed by atoms with E-state index in [2.05, 4.69) is 4.90 Å². The lowest BCUT2D eigenvalue weighted by atomic mass is 10.2. The highest BCUT2D eigenvalue weighted by Gasteiger charge is 2.31. The SMILES string of the molecule is Cc1ccc(CN(Cc2ccccc2)C(=O)CN(CCN2CCOCC2)S(=O)(=O)c2cc(Cl)ccc2Cl)s1. The van der Waals surface area contributed by atoms with Gasteiger partial charge in [0.1, 0.15) is 4.90 Å². The van der Waals surface area contributed by atoms with Gasteiger partial charge in [0.05, 0.1) is 31.3 Å². The summed E-state index contributed by atoms with van der Waals surface area (Å²) in [5.41, 5.74) is 0.967. The fourth-order valence-electron chi connectivity index (χ4n) is 4.22. The van der Waals surface area contributed by atoms with E-state index in [9.17, 15) is 13.2 Å². The molecule has 1 aromatic heterocycles. The van der Waals surface area contributed by atoms with Gasteiger partial charge in [0.2, 0.25) is 15.9 Å². The van der Waals surface area contributed by atoms with Crippen molar-refractivity contribution >= 4 is 50.5 Å². The van der Waals surface area contributed by atoms with Crippen LogP contribution in [0, 0.1) is 6.92 Å². The number of thiophene rings is 1. The minimum atomic E-state index is -4.11. The molecule has 0 spiro atoms. The van der Waals surface area contributed by atoms with Gasteiger partial charge in [-0.05, 0) is 42.8 Å². The second-order valence-electron chi connectivity index (χ2n) is 9.12. The quantitative estimate of drug-likeness (QED) is 0.315. The molecule has 0 unspecified atom stereocenters. The molecule has 1 amide bonds. The zero-order valence-corrected chi connectivity index (χ0v) is 24.3. The molecule has 3 aromatic rings. The van der Waals surface area contributed by atoms with E-state index in [0.717, 1.165) is 15.3 Å². The second kappa shape index (κ2) is 13.4. The summed E-state index contributed by atoms with van der Waals surface area (Å²) in [6, 6.07) is 18.0. The van der Waals surface area contributed by atoms with Crippen LogP contribution in [-0.4, -0.2) is 74.4 Å². The predicted molar refractivity (Wildman–Crippen MR) is 152 cm³/mol. The van der Waals surface area contributed by atoms with Crippen molar-refractivity contribution in [3.8, 4) is 0 Å². The third-order valence-corrected chi connectivity index (χ3v) is 9.85. The molecule has 1 saturated heterocycles. The van der Waals surface area contributed by atoms with Crippen molar-refractivity contribution in [2.24, 2.45) is 0 Å². The summed E-state index contributed by atoms with van der Waals surface area (Å²) in [4.78, 5) is 19.7. The first-order chi connectivity index (χ1) is 18.2. The molecule has 7 nitrogen and oxygen atoms in total. The number of benzene rings is 2. The molecule has 1 aliphatic heterocycles. The van der Waals surface area contributed by atoms with Crippen LogP contribution in [0.25, 0.3) is 0 Å². The summed E-state index contributed by atoms with van der Waals surface area (Å²) in [7, 11) is -4.11. The number of hydrogen-bond donors (Lipinski definition) is 0. The maximum absolute atomic E-state index is 13.8. The summed E-state index contributed by atoms with van der Waals surface area (Å²) in [6.45, 7) is 5.67. The number of ether oxygens (including phenoxy) is 1. The van der Waals surface area contributed by atoms with Crippen LogP contribution in [0.5, 0.6) is 0 Å². The van der Waals surface area contributed by atoms with Gasteiger partial charge >= 0.3 is 0 Å². The maximum Gasteiger partial charge on any atom is 0.245 e. The standard InChI is InChI=1S/C27H31Cl2N3O4S2/c1-21-7-9-24(37-21)19-31(18-22-5-3-2-4-6-22)27(33)20-32(12-11-30-13-15-36-16-14-30)38(34,35)26-17-23(28)8-10-25(26)29/h2-10,17H,11-16,18-20H2,1H3. The number of rotatable bonds is 11. The van der Waals surface area contributed by atoms with E-state index in [1.807, 2.05) is 49.4 Å². The first-order valence-corrected chi connectivity index (χ1v) is 15.4. The Morgan fingerprint density at radius 1 is 1.03 bits per heavy atom. The number of aryl methyl sites for hydroxylation is 1. The molecule has 2 aromatic carbocycles. The number of morpholine rings is 1. The summed E-state index contributed by atoms with van der Waals surface area (Å²) >= 11 is 14.1.